The van der Waals surface area contributed by atoms with Crippen molar-refractivity contribution in [2.45, 2.75) is 32.2 Å². The predicted molar refractivity (Wildman–Crippen MR) is 95.0 cm³/mol. The molecule has 1 amide bonds. The first-order valence-electron chi connectivity index (χ1n) is 7.52. The Hall–Kier alpha value is -1.73. The van der Waals surface area contributed by atoms with Gasteiger partial charge in [-0.15, -0.1) is 11.3 Å². The van der Waals surface area contributed by atoms with Gasteiger partial charge in [0.2, 0.25) is 5.91 Å². The number of Topliss-reactive ketones (excluding diaryl/α,β-unsaturated/α-hetero) is 2. The third kappa shape index (κ3) is 5.72. The van der Waals surface area contributed by atoms with E-state index in [1.165, 1.54) is 16.2 Å². The Morgan fingerprint density at radius 3 is 2.50 bits per heavy atom. The average molecular weight is 412 g/mol. The van der Waals surface area contributed by atoms with Crippen LogP contribution in [0.1, 0.15) is 41.1 Å². The van der Waals surface area contributed by atoms with Crippen molar-refractivity contribution in [3.8, 4) is 0 Å². The van der Waals surface area contributed by atoms with Crippen LogP contribution in [-0.4, -0.2) is 29.4 Å². The second kappa shape index (κ2) is 8.94. The topological polar surface area (TPSA) is 67.6 Å². The van der Waals surface area contributed by atoms with Crippen LogP contribution in [0.15, 0.2) is 38.7 Å². The van der Waals surface area contributed by atoms with Gasteiger partial charge in [-0.1, -0.05) is 6.07 Å². The molecule has 0 unspecified atom stereocenters. The van der Waals surface area contributed by atoms with Crippen LogP contribution < -0.4 is 0 Å². The highest BCUT2D eigenvalue weighted by Gasteiger charge is 2.15. The molecular formula is C17H18BrNO4S. The fraction of sp³-hybridized carbons (Fsp3) is 0.353. The second-order valence-electron chi connectivity index (χ2n) is 5.39. The Morgan fingerprint density at radius 1 is 1.12 bits per heavy atom. The molecule has 2 aromatic heterocycles. The standard InChI is InChI=1S/C17H18BrNO4S/c1-19(11-13-6-8-16(18)23-13)17(22)9-5-12(20)4-7-14(21)15-3-2-10-24-15/h2-3,6,8,10H,4-5,7,9,11H2,1H3. The van der Waals surface area contributed by atoms with Gasteiger partial charge in [-0.3, -0.25) is 14.4 Å². The summed E-state index contributed by atoms with van der Waals surface area (Å²) in [6.07, 6.45) is 0.676. The molecule has 0 aliphatic heterocycles. The molecule has 7 heteroatoms. The summed E-state index contributed by atoms with van der Waals surface area (Å²) in [4.78, 5) is 37.9. The molecule has 0 saturated carbocycles. The van der Waals surface area contributed by atoms with E-state index in [9.17, 15) is 14.4 Å². The van der Waals surface area contributed by atoms with E-state index in [4.69, 9.17) is 4.42 Å². The SMILES string of the molecule is CN(Cc1ccc(Br)o1)C(=O)CCC(=O)CCC(=O)c1cccs1. The highest BCUT2D eigenvalue weighted by molar-refractivity contribution is 9.10. The second-order valence-corrected chi connectivity index (χ2v) is 7.12. The molecular weight excluding hydrogens is 394 g/mol. The minimum atomic E-state index is -0.125. The lowest BCUT2D eigenvalue weighted by Gasteiger charge is -2.15. The molecule has 0 bridgehead atoms. The van der Waals surface area contributed by atoms with Gasteiger partial charge in [-0.05, 0) is 39.5 Å². The fourth-order valence-corrected chi connectivity index (χ4v) is 3.17. The molecule has 128 valence electrons. The number of rotatable bonds is 9. The van der Waals surface area contributed by atoms with Crippen LogP contribution in [0.25, 0.3) is 0 Å². The summed E-state index contributed by atoms with van der Waals surface area (Å²) in [5.41, 5.74) is 0. The minimum Gasteiger partial charge on any atom is -0.452 e. The normalized spacial score (nSPS) is 10.6. The molecule has 0 spiro atoms. The van der Waals surface area contributed by atoms with Crippen LogP contribution in [0.5, 0.6) is 0 Å². The van der Waals surface area contributed by atoms with Crippen molar-refractivity contribution in [3.63, 3.8) is 0 Å². The van der Waals surface area contributed by atoms with E-state index in [-0.39, 0.29) is 43.2 Å². The molecule has 24 heavy (non-hydrogen) atoms. The zero-order chi connectivity index (χ0) is 17.5. The monoisotopic (exact) mass is 411 g/mol. The molecule has 2 heterocycles. The van der Waals surface area contributed by atoms with Crippen LogP contribution in [0.4, 0.5) is 0 Å². The van der Waals surface area contributed by atoms with Crippen LogP contribution in [0.3, 0.4) is 0 Å². The third-order valence-corrected chi connectivity index (χ3v) is 4.83. The molecule has 2 aromatic rings. The number of hydrogen-bond donors (Lipinski definition) is 0. The maximum atomic E-state index is 12.0. The highest BCUT2D eigenvalue weighted by Crippen LogP contribution is 2.16. The summed E-state index contributed by atoms with van der Waals surface area (Å²) in [5.74, 6) is 0.457. The van der Waals surface area contributed by atoms with E-state index in [0.717, 1.165) is 0 Å². The molecule has 0 fully saturated rings. The average Bonchev–Trinajstić information content (AvgIpc) is 3.22. The number of nitrogens with zero attached hydrogens (tertiary/aromatic N) is 1. The first kappa shape index (κ1) is 18.6. The van der Waals surface area contributed by atoms with Crippen LogP contribution in [0.2, 0.25) is 0 Å². The van der Waals surface area contributed by atoms with Crippen LogP contribution in [-0.2, 0) is 16.1 Å². The summed E-state index contributed by atoms with van der Waals surface area (Å²) in [7, 11) is 1.67. The van der Waals surface area contributed by atoms with Gasteiger partial charge in [0.1, 0.15) is 11.5 Å². The minimum absolute atomic E-state index is 0.0230. The van der Waals surface area contributed by atoms with Crippen molar-refractivity contribution in [2.75, 3.05) is 7.05 Å². The van der Waals surface area contributed by atoms with Crippen molar-refractivity contribution in [1.82, 2.24) is 4.90 Å². The van der Waals surface area contributed by atoms with Crippen molar-refractivity contribution in [2.24, 2.45) is 0 Å². The van der Waals surface area contributed by atoms with Gasteiger partial charge in [0.05, 0.1) is 11.4 Å². The van der Waals surface area contributed by atoms with Gasteiger partial charge in [-0.25, -0.2) is 0 Å². The lowest BCUT2D eigenvalue weighted by Crippen LogP contribution is -2.26. The molecule has 0 aromatic carbocycles. The summed E-state index contributed by atoms with van der Waals surface area (Å²) >= 11 is 4.58. The number of halogens is 1. The number of thiophene rings is 1. The number of carbonyl (C=O) groups excluding carboxylic acids is 3. The van der Waals surface area contributed by atoms with Gasteiger partial charge in [-0.2, -0.15) is 0 Å². The summed E-state index contributed by atoms with van der Waals surface area (Å²) in [5, 5.41) is 1.83. The molecule has 5 nitrogen and oxygen atoms in total. The van der Waals surface area contributed by atoms with Crippen molar-refractivity contribution < 1.29 is 18.8 Å². The molecule has 0 saturated heterocycles. The molecule has 0 aliphatic carbocycles. The molecule has 0 aliphatic rings. The van der Waals surface area contributed by atoms with Gasteiger partial charge in [0.25, 0.3) is 0 Å². The lowest BCUT2D eigenvalue weighted by molar-refractivity contribution is -0.132. The van der Waals surface area contributed by atoms with Crippen LogP contribution in [0, 0.1) is 0 Å². The van der Waals surface area contributed by atoms with Gasteiger partial charge in [0.15, 0.2) is 10.5 Å². The Kier molecular flexibility index (Phi) is 6.93. The van der Waals surface area contributed by atoms with E-state index >= 15 is 0 Å². The number of ketones is 2. The first-order valence-corrected chi connectivity index (χ1v) is 9.19. The zero-order valence-corrected chi connectivity index (χ0v) is 15.7. The van der Waals surface area contributed by atoms with E-state index in [1.807, 2.05) is 11.4 Å². The Balaban J connectivity index is 1.68. The van der Waals surface area contributed by atoms with Crippen molar-refractivity contribution in [1.29, 1.82) is 0 Å². The van der Waals surface area contributed by atoms with Gasteiger partial charge in [0, 0.05) is 32.7 Å². The van der Waals surface area contributed by atoms with Crippen molar-refractivity contribution in [3.05, 3.63) is 45.0 Å². The predicted octanol–water partition coefficient (Wildman–Crippen LogP) is 4.07. The maximum absolute atomic E-state index is 12.0. The first-order chi connectivity index (χ1) is 11.5. The fourth-order valence-electron chi connectivity index (χ4n) is 2.13. The third-order valence-electron chi connectivity index (χ3n) is 3.49. The molecule has 2 rings (SSSR count). The molecule has 0 atom stereocenters. The molecule has 0 N–H and O–H groups in total. The Morgan fingerprint density at radius 2 is 1.88 bits per heavy atom. The van der Waals surface area contributed by atoms with Crippen LogP contribution >= 0.6 is 27.3 Å². The Bertz CT molecular complexity index is 708. The maximum Gasteiger partial charge on any atom is 0.223 e. The summed E-state index contributed by atoms with van der Waals surface area (Å²) in [6, 6.07) is 7.12. The number of amides is 1. The number of hydrogen-bond acceptors (Lipinski definition) is 5. The van der Waals surface area contributed by atoms with E-state index < -0.39 is 0 Å². The Labute approximate surface area is 152 Å². The summed E-state index contributed by atoms with van der Waals surface area (Å²) in [6.45, 7) is 0.357. The van der Waals surface area contributed by atoms with Gasteiger partial charge < -0.3 is 9.32 Å². The van der Waals surface area contributed by atoms with Crippen molar-refractivity contribution >= 4 is 44.7 Å². The number of furan rings is 1. The largest absolute Gasteiger partial charge is 0.452 e. The lowest BCUT2D eigenvalue weighted by atomic mass is 10.1. The molecule has 0 radical (unpaired) electrons. The van der Waals surface area contributed by atoms with Gasteiger partial charge >= 0.3 is 0 Å². The summed E-state index contributed by atoms with van der Waals surface area (Å²) < 4.78 is 5.96. The highest BCUT2D eigenvalue weighted by atomic mass is 79.9. The zero-order valence-electron chi connectivity index (χ0n) is 13.3. The van der Waals surface area contributed by atoms with E-state index in [2.05, 4.69) is 15.9 Å². The van der Waals surface area contributed by atoms with E-state index in [1.54, 1.807) is 25.2 Å². The quantitative estimate of drug-likeness (QED) is 0.583. The smallest absolute Gasteiger partial charge is 0.223 e. The number of carbonyl (C=O) groups is 3. The van der Waals surface area contributed by atoms with E-state index in [0.29, 0.717) is 21.9 Å².